The van der Waals surface area contributed by atoms with Crippen molar-refractivity contribution in [1.82, 2.24) is 24.6 Å². The summed E-state index contributed by atoms with van der Waals surface area (Å²) in [5.74, 6) is -0.249. The summed E-state index contributed by atoms with van der Waals surface area (Å²) >= 11 is 0. The number of pyridine rings is 1. The Labute approximate surface area is 187 Å². The summed E-state index contributed by atoms with van der Waals surface area (Å²) in [5, 5.41) is 4.85. The largest absolute Gasteiger partial charge is 0.331 e. The lowest BCUT2D eigenvalue weighted by molar-refractivity contribution is -0.127. The lowest BCUT2D eigenvalue weighted by Gasteiger charge is -2.27. The summed E-state index contributed by atoms with van der Waals surface area (Å²) in [6.07, 6.45) is 9.67. The molecule has 2 aromatic heterocycles. The van der Waals surface area contributed by atoms with Crippen LogP contribution in [0.2, 0.25) is 0 Å². The van der Waals surface area contributed by atoms with E-state index < -0.39 is 0 Å². The van der Waals surface area contributed by atoms with Gasteiger partial charge >= 0.3 is 0 Å². The van der Waals surface area contributed by atoms with Gasteiger partial charge in [-0.05, 0) is 67.9 Å². The molecule has 0 spiro atoms. The molecular weight excluding hydrogens is 405 g/mol. The Balaban J connectivity index is 1.43. The van der Waals surface area contributed by atoms with Crippen molar-refractivity contribution in [3.63, 3.8) is 0 Å². The molecular formula is C25H26FN5O. The van der Waals surface area contributed by atoms with Gasteiger partial charge in [0.25, 0.3) is 0 Å². The summed E-state index contributed by atoms with van der Waals surface area (Å²) in [4.78, 5) is 21.3. The minimum absolute atomic E-state index is 0.0284. The molecule has 1 fully saturated rings. The van der Waals surface area contributed by atoms with Crippen LogP contribution in [0.15, 0.2) is 60.9 Å². The maximum absolute atomic E-state index is 13.5. The number of likely N-dealkylation sites (tertiary alicyclic amines) is 1. The number of rotatable bonds is 5. The number of hydrogen-bond acceptors (Lipinski definition) is 4. The predicted octanol–water partition coefficient (Wildman–Crippen LogP) is 3.75. The zero-order chi connectivity index (χ0) is 21.9. The van der Waals surface area contributed by atoms with Gasteiger partial charge in [-0.2, -0.15) is 5.10 Å². The van der Waals surface area contributed by atoms with E-state index in [9.17, 15) is 9.18 Å². The first kappa shape index (κ1) is 20.6. The number of aromatic nitrogens is 3. The van der Waals surface area contributed by atoms with E-state index in [4.69, 9.17) is 5.10 Å². The minimum Gasteiger partial charge on any atom is -0.331 e. The molecule has 0 radical (unpaired) electrons. The summed E-state index contributed by atoms with van der Waals surface area (Å²) < 4.78 is 15.5. The van der Waals surface area contributed by atoms with Crippen LogP contribution < -0.4 is 0 Å². The molecule has 0 bridgehead atoms. The summed E-state index contributed by atoms with van der Waals surface area (Å²) in [6.45, 7) is 4.78. The first-order chi connectivity index (χ1) is 15.7. The molecule has 0 N–H and O–H groups in total. The van der Waals surface area contributed by atoms with Crippen LogP contribution in [-0.4, -0.2) is 56.7 Å². The van der Waals surface area contributed by atoms with E-state index in [0.29, 0.717) is 19.6 Å². The van der Waals surface area contributed by atoms with Crippen LogP contribution >= 0.6 is 0 Å². The van der Waals surface area contributed by atoms with E-state index >= 15 is 0 Å². The molecule has 164 valence electrons. The molecule has 0 aliphatic carbocycles. The van der Waals surface area contributed by atoms with Gasteiger partial charge in [0.05, 0.1) is 18.8 Å². The zero-order valence-corrected chi connectivity index (χ0v) is 18.0. The number of fused-ring (bicyclic) bond motifs is 1. The second-order valence-electron chi connectivity index (χ2n) is 8.31. The van der Waals surface area contributed by atoms with Crippen LogP contribution in [0, 0.1) is 5.82 Å². The molecule has 3 aromatic rings. The Morgan fingerprint density at radius 3 is 2.47 bits per heavy atom. The molecule has 5 rings (SSSR count). The molecule has 32 heavy (non-hydrogen) atoms. The second-order valence-corrected chi connectivity index (χ2v) is 8.31. The Morgan fingerprint density at radius 2 is 1.72 bits per heavy atom. The second kappa shape index (κ2) is 9.04. The van der Waals surface area contributed by atoms with Crippen LogP contribution in [0.3, 0.4) is 0 Å². The van der Waals surface area contributed by atoms with Crippen molar-refractivity contribution in [2.45, 2.75) is 25.9 Å². The van der Waals surface area contributed by atoms with Crippen molar-refractivity contribution in [2.24, 2.45) is 0 Å². The molecule has 4 heterocycles. The number of benzene rings is 1. The van der Waals surface area contributed by atoms with Gasteiger partial charge in [0, 0.05) is 42.7 Å². The van der Waals surface area contributed by atoms with Gasteiger partial charge < -0.3 is 4.90 Å². The highest BCUT2D eigenvalue weighted by Crippen LogP contribution is 2.36. The zero-order valence-electron chi connectivity index (χ0n) is 18.0. The lowest BCUT2D eigenvalue weighted by atomic mass is 9.99. The third kappa shape index (κ3) is 4.21. The van der Waals surface area contributed by atoms with Crippen LogP contribution in [0.4, 0.5) is 4.39 Å². The van der Waals surface area contributed by atoms with Crippen molar-refractivity contribution < 1.29 is 9.18 Å². The molecule has 1 amide bonds. The lowest BCUT2D eigenvalue weighted by Crippen LogP contribution is -2.37. The van der Waals surface area contributed by atoms with Crippen molar-refractivity contribution in [1.29, 1.82) is 0 Å². The molecule has 2 aliphatic rings. The fourth-order valence-electron chi connectivity index (χ4n) is 4.51. The standard InChI is InChI=1S/C25H26FN5O/c26-21-7-5-20(6-8-21)25-24(19-9-11-27-12-10-19)22-18-30(16-17-31(22)28-25)23(32)4-3-15-29-13-1-2-14-29/h3-12H,1-2,13-18H2/b4-3+. The van der Waals surface area contributed by atoms with Crippen LogP contribution in [0.25, 0.3) is 22.4 Å². The van der Waals surface area contributed by atoms with Gasteiger partial charge in [-0.15, -0.1) is 0 Å². The number of amides is 1. The molecule has 0 atom stereocenters. The maximum atomic E-state index is 13.5. The fraction of sp³-hybridized carbons (Fsp3) is 0.320. The topological polar surface area (TPSA) is 54.3 Å². The molecule has 0 saturated carbocycles. The van der Waals surface area contributed by atoms with Crippen LogP contribution in [0.1, 0.15) is 18.5 Å². The van der Waals surface area contributed by atoms with Gasteiger partial charge in [-0.3, -0.25) is 19.4 Å². The van der Waals surface area contributed by atoms with E-state index in [-0.39, 0.29) is 11.7 Å². The van der Waals surface area contributed by atoms with Crippen molar-refractivity contribution >= 4 is 5.91 Å². The average molecular weight is 432 g/mol. The fourth-order valence-corrected chi connectivity index (χ4v) is 4.51. The Bertz CT molecular complexity index is 1120. The van der Waals surface area contributed by atoms with E-state index in [2.05, 4.69) is 9.88 Å². The Morgan fingerprint density at radius 1 is 0.969 bits per heavy atom. The number of carbonyl (C=O) groups is 1. The molecule has 1 aromatic carbocycles. The number of halogens is 1. The van der Waals surface area contributed by atoms with E-state index in [1.807, 2.05) is 27.8 Å². The van der Waals surface area contributed by atoms with Crippen molar-refractivity contribution in [2.75, 3.05) is 26.2 Å². The smallest absolute Gasteiger partial charge is 0.246 e. The molecule has 2 aliphatic heterocycles. The summed E-state index contributed by atoms with van der Waals surface area (Å²) in [7, 11) is 0. The van der Waals surface area contributed by atoms with Crippen LogP contribution in [-0.2, 0) is 17.9 Å². The first-order valence-electron chi connectivity index (χ1n) is 11.1. The monoisotopic (exact) mass is 431 g/mol. The summed E-state index contributed by atoms with van der Waals surface area (Å²) in [5.41, 5.74) is 4.59. The normalized spacial score (nSPS) is 16.6. The van der Waals surface area contributed by atoms with Crippen molar-refractivity contribution in [3.8, 4) is 22.4 Å². The molecule has 1 saturated heterocycles. The van der Waals surface area contributed by atoms with Gasteiger partial charge in [0.1, 0.15) is 11.5 Å². The highest BCUT2D eigenvalue weighted by molar-refractivity contribution is 5.88. The Hall–Kier alpha value is -3.32. The third-order valence-electron chi connectivity index (χ3n) is 6.20. The molecule has 0 unspecified atom stereocenters. The van der Waals surface area contributed by atoms with Gasteiger partial charge in [-0.1, -0.05) is 6.08 Å². The highest BCUT2D eigenvalue weighted by Gasteiger charge is 2.27. The first-order valence-corrected chi connectivity index (χ1v) is 11.1. The third-order valence-corrected chi connectivity index (χ3v) is 6.20. The maximum Gasteiger partial charge on any atom is 0.246 e. The quantitative estimate of drug-likeness (QED) is 0.578. The highest BCUT2D eigenvalue weighted by atomic mass is 19.1. The van der Waals surface area contributed by atoms with E-state index in [1.165, 1.54) is 25.0 Å². The number of carbonyl (C=O) groups excluding carboxylic acids is 1. The molecule has 7 heteroatoms. The summed E-state index contributed by atoms with van der Waals surface area (Å²) in [6, 6.07) is 10.3. The van der Waals surface area contributed by atoms with Gasteiger partial charge in [0.15, 0.2) is 0 Å². The van der Waals surface area contributed by atoms with E-state index in [1.54, 1.807) is 30.6 Å². The minimum atomic E-state index is -0.277. The van der Waals surface area contributed by atoms with E-state index in [0.717, 1.165) is 47.7 Å². The number of hydrogen-bond donors (Lipinski definition) is 0. The predicted molar refractivity (Wildman–Crippen MR) is 121 cm³/mol. The van der Waals surface area contributed by atoms with Crippen molar-refractivity contribution in [3.05, 3.63) is 72.5 Å². The molecule has 6 nitrogen and oxygen atoms in total. The SMILES string of the molecule is O=C(/C=C/CN1CCCC1)N1CCn2nc(-c3ccc(F)cc3)c(-c3ccncc3)c2C1. The van der Waals surface area contributed by atoms with Gasteiger partial charge in [0.2, 0.25) is 5.91 Å². The van der Waals surface area contributed by atoms with Gasteiger partial charge in [-0.25, -0.2) is 4.39 Å². The average Bonchev–Trinajstić information content (AvgIpc) is 3.47. The Kier molecular flexibility index (Phi) is 5.81. The number of nitrogens with zero attached hydrogens (tertiary/aromatic N) is 5. The van der Waals surface area contributed by atoms with Crippen LogP contribution in [0.5, 0.6) is 0 Å².